The molecule has 0 aliphatic rings. The summed E-state index contributed by atoms with van der Waals surface area (Å²) in [6.07, 6.45) is 1.55. The lowest BCUT2D eigenvalue weighted by Gasteiger charge is -2.23. The SMILES string of the molecule is Cc1cccc(N(Cc2ccccc2)C(=O)CSc2nnc(-c3ccco3)n2N)c1. The third-order valence-corrected chi connectivity index (χ3v) is 5.46. The summed E-state index contributed by atoms with van der Waals surface area (Å²) in [5.41, 5.74) is 3.00. The first-order valence-corrected chi connectivity index (χ1v) is 10.4. The summed E-state index contributed by atoms with van der Waals surface area (Å²) in [6.45, 7) is 2.49. The summed E-state index contributed by atoms with van der Waals surface area (Å²) in [5.74, 6) is 7.16. The van der Waals surface area contributed by atoms with E-state index in [1.807, 2.05) is 61.5 Å². The summed E-state index contributed by atoms with van der Waals surface area (Å²) in [5, 5.41) is 8.60. The summed E-state index contributed by atoms with van der Waals surface area (Å²) in [6, 6.07) is 21.3. The fraction of sp³-hybridized carbons (Fsp3) is 0.136. The average Bonchev–Trinajstić information content (AvgIpc) is 3.41. The monoisotopic (exact) mass is 419 g/mol. The highest BCUT2D eigenvalue weighted by Gasteiger charge is 2.20. The van der Waals surface area contributed by atoms with E-state index in [4.69, 9.17) is 10.3 Å². The molecule has 0 radical (unpaired) electrons. The number of rotatable bonds is 7. The number of anilines is 1. The van der Waals surface area contributed by atoms with Gasteiger partial charge in [-0.05, 0) is 42.3 Å². The highest BCUT2D eigenvalue weighted by molar-refractivity contribution is 7.99. The van der Waals surface area contributed by atoms with Crippen LogP contribution < -0.4 is 10.7 Å². The fourth-order valence-electron chi connectivity index (χ4n) is 3.04. The molecule has 7 nitrogen and oxygen atoms in total. The number of aromatic nitrogens is 3. The Hall–Kier alpha value is -3.52. The summed E-state index contributed by atoms with van der Waals surface area (Å²) >= 11 is 1.24. The zero-order valence-corrected chi connectivity index (χ0v) is 17.2. The van der Waals surface area contributed by atoms with Crippen molar-refractivity contribution in [3.05, 3.63) is 84.1 Å². The molecular weight excluding hydrogens is 398 g/mol. The third-order valence-electron chi connectivity index (χ3n) is 4.53. The molecule has 8 heteroatoms. The van der Waals surface area contributed by atoms with Crippen molar-refractivity contribution in [2.75, 3.05) is 16.5 Å². The Labute approximate surface area is 178 Å². The number of thioether (sulfide) groups is 1. The van der Waals surface area contributed by atoms with Crippen molar-refractivity contribution in [2.24, 2.45) is 0 Å². The maximum atomic E-state index is 13.2. The number of carbonyl (C=O) groups is 1. The average molecular weight is 420 g/mol. The predicted octanol–water partition coefficient (Wildman–Crippen LogP) is 3.89. The molecule has 1 amide bonds. The van der Waals surface area contributed by atoms with Crippen LogP contribution in [0.4, 0.5) is 5.69 Å². The fourth-order valence-corrected chi connectivity index (χ4v) is 3.77. The smallest absolute Gasteiger partial charge is 0.237 e. The van der Waals surface area contributed by atoms with Crippen LogP contribution in [-0.2, 0) is 11.3 Å². The van der Waals surface area contributed by atoms with Gasteiger partial charge >= 0.3 is 0 Å². The van der Waals surface area contributed by atoms with Crippen molar-refractivity contribution in [1.29, 1.82) is 0 Å². The van der Waals surface area contributed by atoms with Crippen LogP contribution in [0.15, 0.2) is 82.6 Å². The van der Waals surface area contributed by atoms with Gasteiger partial charge in [-0.2, -0.15) is 0 Å². The van der Waals surface area contributed by atoms with Gasteiger partial charge in [0.2, 0.25) is 16.9 Å². The van der Waals surface area contributed by atoms with Crippen LogP contribution in [0.3, 0.4) is 0 Å². The van der Waals surface area contributed by atoms with E-state index in [1.54, 1.807) is 23.3 Å². The number of nitrogen functional groups attached to an aromatic ring is 1. The molecule has 4 aromatic rings. The molecule has 0 fully saturated rings. The van der Waals surface area contributed by atoms with Gasteiger partial charge in [0.05, 0.1) is 18.6 Å². The second-order valence-electron chi connectivity index (χ2n) is 6.75. The summed E-state index contributed by atoms with van der Waals surface area (Å²) < 4.78 is 6.66. The van der Waals surface area contributed by atoms with Gasteiger partial charge < -0.3 is 15.2 Å². The molecule has 4 rings (SSSR count). The Morgan fingerprint density at radius 1 is 1.10 bits per heavy atom. The summed E-state index contributed by atoms with van der Waals surface area (Å²) in [7, 11) is 0. The Morgan fingerprint density at radius 2 is 1.93 bits per heavy atom. The molecule has 0 saturated heterocycles. The van der Waals surface area contributed by atoms with Crippen molar-refractivity contribution < 1.29 is 9.21 Å². The van der Waals surface area contributed by atoms with E-state index in [0.717, 1.165) is 16.8 Å². The van der Waals surface area contributed by atoms with Gasteiger partial charge in [-0.25, -0.2) is 4.68 Å². The second-order valence-corrected chi connectivity index (χ2v) is 7.69. The van der Waals surface area contributed by atoms with E-state index in [9.17, 15) is 4.79 Å². The lowest BCUT2D eigenvalue weighted by Crippen LogP contribution is -2.32. The van der Waals surface area contributed by atoms with Crippen molar-refractivity contribution in [3.8, 4) is 11.6 Å². The number of amides is 1. The molecule has 0 bridgehead atoms. The molecule has 0 aliphatic carbocycles. The lowest BCUT2D eigenvalue weighted by atomic mass is 10.1. The van der Waals surface area contributed by atoms with Gasteiger partial charge in [-0.15, -0.1) is 10.2 Å². The maximum Gasteiger partial charge on any atom is 0.237 e. The van der Waals surface area contributed by atoms with Gasteiger partial charge in [0.15, 0.2) is 5.76 Å². The molecule has 2 N–H and O–H groups in total. The molecule has 2 aromatic carbocycles. The number of nitrogens with zero attached hydrogens (tertiary/aromatic N) is 4. The van der Waals surface area contributed by atoms with Gasteiger partial charge in [0, 0.05) is 5.69 Å². The van der Waals surface area contributed by atoms with Crippen molar-refractivity contribution >= 4 is 23.4 Å². The molecule has 2 heterocycles. The van der Waals surface area contributed by atoms with Crippen LogP contribution in [0, 0.1) is 6.92 Å². The standard InChI is InChI=1S/C22H21N5O2S/c1-16-7-5-10-18(13-16)26(14-17-8-3-2-4-9-17)20(28)15-30-22-25-24-21(27(22)23)19-11-6-12-29-19/h2-13H,14-15,23H2,1H3. The molecule has 0 unspecified atom stereocenters. The first kappa shape index (κ1) is 19.8. The Kier molecular flexibility index (Phi) is 5.85. The molecule has 30 heavy (non-hydrogen) atoms. The minimum Gasteiger partial charge on any atom is -0.461 e. The molecule has 0 atom stereocenters. The zero-order chi connectivity index (χ0) is 20.9. The third kappa shape index (κ3) is 4.38. The van der Waals surface area contributed by atoms with E-state index in [-0.39, 0.29) is 11.7 Å². The molecule has 2 aromatic heterocycles. The lowest BCUT2D eigenvalue weighted by molar-refractivity contribution is -0.116. The zero-order valence-electron chi connectivity index (χ0n) is 16.4. The van der Waals surface area contributed by atoms with Crippen LogP contribution in [0.25, 0.3) is 11.6 Å². The Morgan fingerprint density at radius 3 is 2.67 bits per heavy atom. The first-order chi connectivity index (χ1) is 14.6. The van der Waals surface area contributed by atoms with E-state index >= 15 is 0 Å². The van der Waals surface area contributed by atoms with E-state index in [1.165, 1.54) is 16.4 Å². The first-order valence-electron chi connectivity index (χ1n) is 9.40. The van der Waals surface area contributed by atoms with Crippen molar-refractivity contribution in [1.82, 2.24) is 14.9 Å². The number of furan rings is 1. The van der Waals surface area contributed by atoms with Gasteiger partial charge in [0.25, 0.3) is 0 Å². The highest BCUT2D eigenvalue weighted by atomic mass is 32.2. The van der Waals surface area contributed by atoms with Gasteiger partial charge in [0.1, 0.15) is 0 Å². The van der Waals surface area contributed by atoms with Crippen molar-refractivity contribution in [2.45, 2.75) is 18.6 Å². The van der Waals surface area contributed by atoms with Gasteiger partial charge in [-0.3, -0.25) is 4.79 Å². The number of nitrogens with two attached hydrogens (primary N) is 1. The van der Waals surface area contributed by atoms with E-state index in [2.05, 4.69) is 10.2 Å². The largest absolute Gasteiger partial charge is 0.461 e. The number of hydrogen-bond acceptors (Lipinski definition) is 6. The normalized spacial score (nSPS) is 10.8. The van der Waals surface area contributed by atoms with E-state index in [0.29, 0.717) is 23.3 Å². The number of benzene rings is 2. The van der Waals surface area contributed by atoms with Crippen LogP contribution in [0.5, 0.6) is 0 Å². The highest BCUT2D eigenvalue weighted by Crippen LogP contribution is 2.24. The van der Waals surface area contributed by atoms with Crippen LogP contribution in [0.2, 0.25) is 0 Å². The van der Waals surface area contributed by atoms with Gasteiger partial charge in [-0.1, -0.05) is 54.2 Å². The quantitative estimate of drug-likeness (QED) is 0.361. The molecule has 0 spiro atoms. The minimum absolute atomic E-state index is 0.0444. The van der Waals surface area contributed by atoms with Crippen LogP contribution >= 0.6 is 11.8 Å². The van der Waals surface area contributed by atoms with Crippen LogP contribution in [-0.4, -0.2) is 26.5 Å². The molecule has 0 aliphatic heterocycles. The maximum absolute atomic E-state index is 13.2. The summed E-state index contributed by atoms with van der Waals surface area (Å²) in [4.78, 5) is 14.9. The topological polar surface area (TPSA) is 90.2 Å². The minimum atomic E-state index is -0.0444. The van der Waals surface area contributed by atoms with Crippen molar-refractivity contribution in [3.63, 3.8) is 0 Å². The Balaban J connectivity index is 1.52. The Bertz CT molecular complexity index is 1130. The molecule has 0 saturated carbocycles. The molecule has 152 valence electrons. The number of hydrogen-bond donors (Lipinski definition) is 1. The number of aryl methyl sites for hydroxylation is 1. The second kappa shape index (κ2) is 8.87. The van der Waals surface area contributed by atoms with Crippen LogP contribution in [0.1, 0.15) is 11.1 Å². The molecular formula is C22H21N5O2S. The predicted molar refractivity (Wildman–Crippen MR) is 117 cm³/mol. The van der Waals surface area contributed by atoms with E-state index < -0.39 is 0 Å². The number of carbonyl (C=O) groups excluding carboxylic acids is 1.